The summed E-state index contributed by atoms with van der Waals surface area (Å²) in [4.78, 5) is 103. The number of hydrogen-bond acceptors (Lipinski definition) is 20. The highest BCUT2D eigenvalue weighted by molar-refractivity contribution is 8.13. The van der Waals surface area contributed by atoms with Gasteiger partial charge in [-0.2, -0.15) is 16.9 Å². The molecule has 31 heteroatoms. The van der Waals surface area contributed by atoms with Gasteiger partial charge in [0, 0.05) is 48.9 Å². The summed E-state index contributed by atoms with van der Waals surface area (Å²) in [5, 5.41) is 26.3. The van der Waals surface area contributed by atoms with Crippen LogP contribution >= 0.6 is 47.9 Å². The van der Waals surface area contributed by atoms with E-state index in [0.717, 1.165) is 29.0 Å². The number of aromatic nitrogens is 4. The molecule has 0 aromatic carbocycles. The first-order valence-corrected chi connectivity index (χ1v) is 24.5. The van der Waals surface area contributed by atoms with E-state index >= 15 is 0 Å². The largest absolute Gasteiger partial charge is 0.481 e. The summed E-state index contributed by atoms with van der Waals surface area (Å²) in [6.45, 7) is 2.56. The molecule has 26 nitrogen and oxygen atoms in total. The topological polar surface area (TPSA) is 384 Å². The number of amides is 3. The van der Waals surface area contributed by atoms with E-state index in [1.54, 1.807) is 11.8 Å². The van der Waals surface area contributed by atoms with Gasteiger partial charge in [0.25, 0.3) is 0 Å². The lowest BCUT2D eigenvalue weighted by molar-refractivity contribution is -0.138. The molecular weight excluding hydrogens is 917 g/mol. The number of carbonyl (C=O) groups is 4. The van der Waals surface area contributed by atoms with Crippen LogP contribution in [0.4, 0.5) is 5.82 Å². The number of ether oxygens (including phenoxy) is 1. The highest BCUT2D eigenvalue weighted by Gasteiger charge is 2.50. The number of carbonyl (C=O) groups excluding carboxylic acids is 4. The van der Waals surface area contributed by atoms with Crippen molar-refractivity contribution in [3.63, 3.8) is 0 Å². The van der Waals surface area contributed by atoms with E-state index in [1.807, 2.05) is 0 Å². The fourth-order valence-corrected chi connectivity index (χ4v) is 9.84. The summed E-state index contributed by atoms with van der Waals surface area (Å²) >= 11 is 5.15. The minimum atomic E-state index is -5.59. The van der Waals surface area contributed by atoms with Crippen LogP contribution in [0.3, 0.4) is 0 Å². The lowest BCUT2D eigenvalue weighted by Gasteiger charge is -2.30. The molecule has 0 bridgehead atoms. The number of aliphatic hydroxyl groups is 2. The minimum Gasteiger partial charge on any atom is -0.386 e. The second-order valence-corrected chi connectivity index (χ2v) is 20.2. The average molecular weight is 967 g/mol. The van der Waals surface area contributed by atoms with Crippen LogP contribution in [0.2, 0.25) is 0 Å². The van der Waals surface area contributed by atoms with Gasteiger partial charge >= 0.3 is 23.5 Å². The van der Waals surface area contributed by atoms with Gasteiger partial charge < -0.3 is 55.8 Å². The minimum absolute atomic E-state index is 0.0240. The second-order valence-electron chi connectivity index (χ2n) is 14.5. The molecule has 2 aliphatic heterocycles. The number of anilines is 1. The fourth-order valence-electron chi connectivity index (χ4n) is 6.01. The molecule has 61 heavy (non-hydrogen) atoms. The van der Waals surface area contributed by atoms with E-state index in [2.05, 4.69) is 47.0 Å². The molecule has 10 N–H and O–H groups in total. The average Bonchev–Trinajstić information content (AvgIpc) is 3.91. The first kappa shape index (κ1) is 51.0. The van der Waals surface area contributed by atoms with Crippen molar-refractivity contribution >= 4 is 87.7 Å². The van der Waals surface area contributed by atoms with E-state index in [1.165, 1.54) is 13.8 Å². The fraction of sp³-hybridized carbons (Fsp3) is 0.700. The van der Waals surface area contributed by atoms with Crippen LogP contribution in [0.1, 0.15) is 46.3 Å². The summed E-state index contributed by atoms with van der Waals surface area (Å²) in [5.74, 6) is -1.37. The number of phosphoric ester groups is 3. The predicted octanol–water partition coefficient (Wildman–Crippen LogP) is -0.778. The van der Waals surface area contributed by atoms with E-state index in [-0.39, 0.29) is 59.2 Å². The Labute approximate surface area is 357 Å². The molecule has 2 saturated heterocycles. The van der Waals surface area contributed by atoms with Gasteiger partial charge in [-0.1, -0.05) is 32.5 Å². The lowest BCUT2D eigenvalue weighted by atomic mass is 9.87. The van der Waals surface area contributed by atoms with Gasteiger partial charge in [0.1, 0.15) is 42.3 Å². The number of fused-ring (bicyclic) bond motifs is 1. The van der Waals surface area contributed by atoms with Crippen LogP contribution in [-0.2, 0) is 55.5 Å². The number of nitrogens with one attached hydrogen (secondary N) is 2. The predicted molar refractivity (Wildman–Crippen MR) is 215 cm³/mol. The van der Waals surface area contributed by atoms with Crippen molar-refractivity contribution in [3.05, 3.63) is 12.7 Å². The third-order valence-electron chi connectivity index (χ3n) is 9.25. The van der Waals surface area contributed by atoms with Crippen LogP contribution in [0.15, 0.2) is 12.7 Å². The Balaban J connectivity index is 1.20. The van der Waals surface area contributed by atoms with E-state index in [4.69, 9.17) is 19.5 Å². The quantitative estimate of drug-likeness (QED) is 0.0393. The normalized spacial score (nSPS) is 23.9. The number of nitrogens with zero attached hydrogens (tertiary/aromatic N) is 5. The molecule has 9 atom stereocenters. The van der Waals surface area contributed by atoms with Gasteiger partial charge in [-0.3, -0.25) is 37.3 Å². The first-order valence-electron chi connectivity index (χ1n) is 18.3. The Hall–Kier alpha value is -2.62. The molecule has 344 valence electrons. The molecule has 2 fully saturated rings. The Morgan fingerprint density at radius 1 is 1.08 bits per heavy atom. The summed E-state index contributed by atoms with van der Waals surface area (Å²) in [6, 6.07) is -0.535. The van der Waals surface area contributed by atoms with Crippen molar-refractivity contribution in [3.8, 4) is 0 Å². The Morgan fingerprint density at radius 3 is 2.44 bits per heavy atom. The zero-order valence-electron chi connectivity index (χ0n) is 32.9. The smallest absolute Gasteiger partial charge is 0.386 e. The lowest BCUT2D eigenvalue weighted by Crippen LogP contribution is -2.46. The number of aliphatic hydroxyl groups excluding tert-OH is 2. The molecule has 0 spiro atoms. The van der Waals surface area contributed by atoms with Crippen molar-refractivity contribution in [1.29, 1.82) is 0 Å². The molecule has 2 aromatic rings. The maximum atomic E-state index is 12.7. The maximum Gasteiger partial charge on any atom is 0.481 e. The monoisotopic (exact) mass is 966 g/mol. The Bertz CT molecular complexity index is 2050. The van der Waals surface area contributed by atoms with Crippen LogP contribution in [0.25, 0.3) is 11.2 Å². The highest BCUT2D eigenvalue weighted by atomic mass is 32.2. The van der Waals surface area contributed by atoms with Gasteiger partial charge in [0.05, 0.1) is 19.5 Å². The number of thiol groups is 1. The van der Waals surface area contributed by atoms with E-state index in [0.29, 0.717) is 25.1 Å². The number of rotatable bonds is 22. The number of phosphoric acid groups is 3. The first-order chi connectivity index (χ1) is 28.4. The van der Waals surface area contributed by atoms with Gasteiger partial charge in [0.2, 0.25) is 22.8 Å². The molecule has 0 saturated carbocycles. The summed E-state index contributed by atoms with van der Waals surface area (Å²) in [7, 11) is -16.4. The van der Waals surface area contributed by atoms with Crippen molar-refractivity contribution in [2.45, 2.75) is 76.7 Å². The highest BCUT2D eigenvalue weighted by Crippen LogP contribution is 2.61. The van der Waals surface area contributed by atoms with Crippen LogP contribution in [0, 0.1) is 11.3 Å². The number of thioether (sulfide) groups is 1. The molecular formula is C30H49N8O18P3S2. The van der Waals surface area contributed by atoms with E-state index in [9.17, 15) is 62.7 Å². The van der Waals surface area contributed by atoms with Crippen molar-refractivity contribution in [2.24, 2.45) is 11.3 Å². The zero-order valence-corrected chi connectivity index (χ0v) is 37.3. The second kappa shape index (κ2) is 21.4. The Morgan fingerprint density at radius 2 is 1.77 bits per heavy atom. The van der Waals surface area contributed by atoms with Gasteiger partial charge in [-0.25, -0.2) is 28.6 Å². The van der Waals surface area contributed by atoms with Crippen molar-refractivity contribution in [1.82, 2.24) is 35.1 Å². The van der Waals surface area contributed by atoms with Gasteiger partial charge in [-0.05, 0) is 12.8 Å². The molecule has 7 unspecified atom stereocenters. The molecule has 4 heterocycles. The molecule has 0 aliphatic carbocycles. The molecule has 0 radical (unpaired) electrons. The Kier molecular flexibility index (Phi) is 17.9. The molecule has 4 rings (SSSR count). The summed E-state index contributed by atoms with van der Waals surface area (Å²) in [6.07, 6.45) is -5.77. The van der Waals surface area contributed by atoms with Gasteiger partial charge in [-0.15, -0.1) is 0 Å². The number of hydrogen-bond donors (Lipinski definition) is 10. The van der Waals surface area contributed by atoms with Crippen LogP contribution < -0.4 is 16.4 Å². The maximum absolute atomic E-state index is 12.7. The van der Waals surface area contributed by atoms with Gasteiger partial charge in [0.15, 0.2) is 17.7 Å². The number of likely N-dealkylation sites (tertiary alicyclic amines) is 1. The SMILES string of the molecule is C[C@H](CS)C(=O)N1CCC[C@H]1C(=O)SCCNC(=O)CCNC(=O)C(O)C(C)(C)COP(=O)(O)OP(=O)(O)OCC1OC(n2cnc3c(N)ncnc32)C(O)C1OP(=O)(O)O. The third kappa shape index (κ3) is 14.2. The van der Waals surface area contributed by atoms with Crippen LogP contribution in [-0.4, -0.2) is 152 Å². The molecule has 2 aromatic heterocycles. The van der Waals surface area contributed by atoms with Crippen molar-refractivity contribution in [2.75, 3.05) is 50.1 Å². The molecule has 3 amide bonds. The zero-order chi connectivity index (χ0) is 45.5. The van der Waals surface area contributed by atoms with Crippen molar-refractivity contribution < 1.29 is 85.3 Å². The summed E-state index contributed by atoms with van der Waals surface area (Å²) < 4.78 is 62.3. The van der Waals surface area contributed by atoms with E-state index < -0.39 is 90.6 Å². The number of imidazole rings is 1. The standard InChI is InChI=1S/C30H49N8O18P3S2/c1-16(12-60)27(43)37-9-4-5-17(37)29(44)61-10-8-32-19(39)6-7-33-26(42)23(41)30(2,3)13-53-59(50,51)56-58(48,49)52-11-18-22(55-57(45,46)47)21(40)28(54-18)38-15-36-20-24(31)34-14-35-25(20)38/h14-18,21-23,28,40-41,60H,4-13H2,1-3H3,(H,32,39)(H,33,42)(H,48,49)(H,50,51)(H2,31,34,35)(H2,45,46,47)/t16-,17+,18?,21?,22?,23?,28?/m1/s1. The third-order valence-corrected chi connectivity index (χ3v) is 13.9. The number of nitrogens with two attached hydrogens (primary N) is 1. The van der Waals surface area contributed by atoms with Crippen LogP contribution in [0.5, 0.6) is 0 Å². The summed E-state index contributed by atoms with van der Waals surface area (Å²) in [5.41, 5.74) is 4.23. The number of nitrogen functional groups attached to an aromatic ring is 1. The molecule has 2 aliphatic rings.